The first-order chi connectivity index (χ1) is 7.12. The summed E-state index contributed by atoms with van der Waals surface area (Å²) in [5.41, 5.74) is 7.28. The molecule has 0 aliphatic rings. The van der Waals surface area contributed by atoms with Gasteiger partial charge in [0.05, 0.1) is 0 Å². The Morgan fingerprint density at radius 1 is 1.27 bits per heavy atom. The highest BCUT2D eigenvalue weighted by molar-refractivity contribution is 5.14. The van der Waals surface area contributed by atoms with E-state index >= 15 is 0 Å². The lowest BCUT2D eigenvalue weighted by Crippen LogP contribution is -2.48. The molecule has 0 saturated carbocycles. The Hall–Kier alpha value is -0.860. The summed E-state index contributed by atoms with van der Waals surface area (Å²) in [4.78, 5) is 2.34. The fourth-order valence-corrected chi connectivity index (χ4v) is 1.62. The molecule has 1 rings (SSSR count). The second-order valence-corrected chi connectivity index (χ2v) is 4.40. The molecule has 0 aliphatic heterocycles. The van der Waals surface area contributed by atoms with Crippen molar-refractivity contribution in [3.63, 3.8) is 0 Å². The van der Waals surface area contributed by atoms with Crippen LogP contribution in [0.3, 0.4) is 0 Å². The quantitative estimate of drug-likeness (QED) is 0.800. The van der Waals surface area contributed by atoms with Crippen molar-refractivity contribution in [2.75, 3.05) is 13.6 Å². The Bertz CT molecular complexity index is 278. The summed E-state index contributed by atoms with van der Waals surface area (Å²) in [5.74, 6) is 0. The number of hydrogen-bond donors (Lipinski definition) is 1. The molecule has 0 radical (unpaired) electrons. The van der Waals surface area contributed by atoms with E-state index in [2.05, 4.69) is 50.1 Å². The standard InChI is InChI=1S/C13H22N2/c1-4-13(2,11-14)15(3)10-12-8-6-5-7-9-12/h5-9H,4,10-11,14H2,1-3H3. The van der Waals surface area contributed by atoms with Crippen molar-refractivity contribution in [3.8, 4) is 0 Å². The maximum Gasteiger partial charge on any atom is 0.0301 e. The zero-order valence-electron chi connectivity index (χ0n) is 10.0. The van der Waals surface area contributed by atoms with Crippen LogP contribution in [0.4, 0.5) is 0 Å². The Labute approximate surface area is 93.1 Å². The Morgan fingerprint density at radius 3 is 2.33 bits per heavy atom. The molecule has 0 amide bonds. The molecule has 0 bridgehead atoms. The topological polar surface area (TPSA) is 29.3 Å². The second-order valence-electron chi connectivity index (χ2n) is 4.40. The zero-order chi connectivity index (χ0) is 11.3. The molecule has 0 heterocycles. The molecule has 15 heavy (non-hydrogen) atoms. The van der Waals surface area contributed by atoms with Crippen LogP contribution in [-0.4, -0.2) is 24.0 Å². The number of hydrogen-bond acceptors (Lipinski definition) is 2. The minimum Gasteiger partial charge on any atom is -0.329 e. The van der Waals surface area contributed by atoms with Crippen LogP contribution >= 0.6 is 0 Å². The summed E-state index contributed by atoms with van der Waals surface area (Å²) in [5, 5.41) is 0. The average Bonchev–Trinajstić information content (AvgIpc) is 2.29. The highest BCUT2D eigenvalue weighted by Gasteiger charge is 2.25. The third-order valence-corrected chi connectivity index (χ3v) is 3.39. The van der Waals surface area contributed by atoms with E-state index in [0.29, 0.717) is 6.54 Å². The molecule has 1 atom stereocenters. The molecule has 1 aromatic rings. The second kappa shape index (κ2) is 5.29. The summed E-state index contributed by atoms with van der Waals surface area (Å²) in [6.07, 6.45) is 1.08. The molecule has 84 valence electrons. The molecule has 0 fully saturated rings. The van der Waals surface area contributed by atoms with Crippen molar-refractivity contribution < 1.29 is 0 Å². The number of likely N-dealkylation sites (N-methyl/N-ethyl adjacent to an activating group) is 1. The minimum atomic E-state index is 0.107. The summed E-state index contributed by atoms with van der Waals surface area (Å²) < 4.78 is 0. The maximum absolute atomic E-state index is 5.83. The van der Waals surface area contributed by atoms with Gasteiger partial charge >= 0.3 is 0 Å². The SMILES string of the molecule is CCC(C)(CN)N(C)Cc1ccccc1. The van der Waals surface area contributed by atoms with E-state index in [0.717, 1.165) is 13.0 Å². The highest BCUT2D eigenvalue weighted by atomic mass is 15.2. The summed E-state index contributed by atoms with van der Waals surface area (Å²) in [7, 11) is 2.14. The number of nitrogens with zero attached hydrogens (tertiary/aromatic N) is 1. The normalized spacial score (nSPS) is 15.3. The van der Waals surface area contributed by atoms with Crippen molar-refractivity contribution >= 4 is 0 Å². The summed E-state index contributed by atoms with van der Waals surface area (Å²) in [6.45, 7) is 6.07. The molecule has 2 N–H and O–H groups in total. The monoisotopic (exact) mass is 206 g/mol. The van der Waals surface area contributed by atoms with Gasteiger partial charge in [0.25, 0.3) is 0 Å². The van der Waals surface area contributed by atoms with Gasteiger partial charge in [-0.15, -0.1) is 0 Å². The predicted molar refractivity (Wildman–Crippen MR) is 65.7 cm³/mol. The van der Waals surface area contributed by atoms with Gasteiger partial charge in [-0.25, -0.2) is 0 Å². The fourth-order valence-electron chi connectivity index (χ4n) is 1.62. The van der Waals surface area contributed by atoms with Crippen molar-refractivity contribution in [2.45, 2.75) is 32.4 Å². The molecule has 0 aliphatic carbocycles. The van der Waals surface area contributed by atoms with E-state index in [1.807, 2.05) is 6.07 Å². The molecule has 2 heteroatoms. The minimum absolute atomic E-state index is 0.107. The largest absolute Gasteiger partial charge is 0.329 e. The van der Waals surface area contributed by atoms with E-state index in [4.69, 9.17) is 5.73 Å². The van der Waals surface area contributed by atoms with Crippen LogP contribution in [0.1, 0.15) is 25.8 Å². The third-order valence-electron chi connectivity index (χ3n) is 3.39. The first kappa shape index (κ1) is 12.2. The smallest absolute Gasteiger partial charge is 0.0301 e. The third kappa shape index (κ3) is 3.05. The van der Waals surface area contributed by atoms with E-state index in [-0.39, 0.29) is 5.54 Å². The lowest BCUT2D eigenvalue weighted by atomic mass is 9.96. The Morgan fingerprint density at radius 2 is 1.87 bits per heavy atom. The lowest BCUT2D eigenvalue weighted by Gasteiger charge is -2.37. The summed E-state index contributed by atoms with van der Waals surface area (Å²) >= 11 is 0. The predicted octanol–water partition coefficient (Wildman–Crippen LogP) is 2.25. The van der Waals surface area contributed by atoms with Gasteiger partial charge in [0.2, 0.25) is 0 Å². The Kier molecular flexibility index (Phi) is 4.30. The van der Waals surface area contributed by atoms with Gasteiger partial charge in [-0.3, -0.25) is 4.90 Å². The molecule has 2 nitrogen and oxygen atoms in total. The van der Waals surface area contributed by atoms with Crippen molar-refractivity contribution in [2.24, 2.45) is 5.73 Å². The Balaban J connectivity index is 2.66. The van der Waals surface area contributed by atoms with Crippen LogP contribution in [0.5, 0.6) is 0 Å². The molecule has 0 saturated heterocycles. The van der Waals surface area contributed by atoms with E-state index in [9.17, 15) is 0 Å². The van der Waals surface area contributed by atoms with Gasteiger partial charge in [0.15, 0.2) is 0 Å². The van der Waals surface area contributed by atoms with E-state index < -0.39 is 0 Å². The van der Waals surface area contributed by atoms with E-state index in [1.54, 1.807) is 0 Å². The molecule has 0 spiro atoms. The average molecular weight is 206 g/mol. The van der Waals surface area contributed by atoms with Gasteiger partial charge in [-0.1, -0.05) is 37.3 Å². The van der Waals surface area contributed by atoms with Crippen LogP contribution in [-0.2, 0) is 6.54 Å². The van der Waals surface area contributed by atoms with Crippen LogP contribution < -0.4 is 5.73 Å². The summed E-state index contributed by atoms with van der Waals surface area (Å²) in [6, 6.07) is 10.5. The van der Waals surface area contributed by atoms with Crippen LogP contribution in [0, 0.1) is 0 Å². The molecule has 1 unspecified atom stereocenters. The van der Waals surface area contributed by atoms with Crippen molar-refractivity contribution in [1.29, 1.82) is 0 Å². The van der Waals surface area contributed by atoms with Crippen molar-refractivity contribution in [3.05, 3.63) is 35.9 Å². The first-order valence-electron chi connectivity index (χ1n) is 5.57. The van der Waals surface area contributed by atoms with Gasteiger partial charge in [0, 0.05) is 18.6 Å². The molecule has 1 aromatic carbocycles. The van der Waals surface area contributed by atoms with Crippen LogP contribution in [0.25, 0.3) is 0 Å². The highest BCUT2D eigenvalue weighted by Crippen LogP contribution is 2.18. The number of nitrogens with two attached hydrogens (primary N) is 1. The number of rotatable bonds is 5. The fraction of sp³-hybridized carbons (Fsp3) is 0.538. The lowest BCUT2D eigenvalue weighted by molar-refractivity contribution is 0.131. The first-order valence-corrected chi connectivity index (χ1v) is 5.57. The van der Waals surface area contributed by atoms with Crippen molar-refractivity contribution in [1.82, 2.24) is 4.90 Å². The van der Waals surface area contributed by atoms with E-state index in [1.165, 1.54) is 5.56 Å². The van der Waals surface area contributed by atoms with Gasteiger partial charge in [0.1, 0.15) is 0 Å². The zero-order valence-corrected chi connectivity index (χ0v) is 10.0. The van der Waals surface area contributed by atoms with Gasteiger partial charge in [-0.05, 0) is 26.0 Å². The van der Waals surface area contributed by atoms with Crippen LogP contribution in [0.15, 0.2) is 30.3 Å². The molecule has 0 aromatic heterocycles. The molecular formula is C13H22N2. The maximum atomic E-state index is 5.83. The van der Waals surface area contributed by atoms with Gasteiger partial charge < -0.3 is 5.73 Å². The number of benzene rings is 1. The molecular weight excluding hydrogens is 184 g/mol. The van der Waals surface area contributed by atoms with Gasteiger partial charge in [-0.2, -0.15) is 0 Å². The van der Waals surface area contributed by atoms with Crippen LogP contribution in [0.2, 0.25) is 0 Å².